The van der Waals surface area contributed by atoms with Crippen LogP contribution in [0.5, 0.6) is 11.5 Å². The molecule has 7 nitrogen and oxygen atoms in total. The third-order valence-corrected chi connectivity index (χ3v) is 4.19. The number of nitrogens with one attached hydrogen (secondary N) is 1. The molecule has 0 aliphatic carbocycles. The summed E-state index contributed by atoms with van der Waals surface area (Å²) in [6, 6.07) is 8.16. The number of methoxy groups -OCH3 is 2. The molecule has 0 aromatic heterocycles. The van der Waals surface area contributed by atoms with Crippen molar-refractivity contribution in [2.24, 2.45) is 0 Å². The maximum Gasteiger partial charge on any atom is 0.286 e. The first-order valence-electron chi connectivity index (χ1n) is 8.07. The Morgan fingerprint density at radius 1 is 1.12 bits per heavy atom. The maximum atomic E-state index is 12.7. The number of hydrogen-bond acceptors (Lipinski definition) is 5. The number of amides is 1. The van der Waals surface area contributed by atoms with Crippen LogP contribution in [0.25, 0.3) is 0 Å². The maximum absolute atomic E-state index is 12.7. The first kappa shape index (κ1) is 19.2. The average molecular weight is 358 g/mol. The zero-order valence-electron chi connectivity index (χ0n) is 15.5. The van der Waals surface area contributed by atoms with Gasteiger partial charge in [0.25, 0.3) is 11.6 Å². The van der Waals surface area contributed by atoms with Gasteiger partial charge in [-0.25, -0.2) is 0 Å². The van der Waals surface area contributed by atoms with E-state index in [1.54, 1.807) is 0 Å². The zero-order valence-corrected chi connectivity index (χ0v) is 15.5. The highest BCUT2D eigenvalue weighted by atomic mass is 16.6. The number of nitrogens with zero attached hydrogens (tertiary/aromatic N) is 1. The van der Waals surface area contributed by atoms with E-state index in [0.29, 0.717) is 0 Å². The van der Waals surface area contributed by atoms with Gasteiger partial charge in [0.05, 0.1) is 31.3 Å². The predicted octanol–water partition coefficient (Wildman–Crippen LogP) is 3.72. The lowest BCUT2D eigenvalue weighted by molar-refractivity contribution is -0.385. The van der Waals surface area contributed by atoms with E-state index in [1.165, 1.54) is 26.4 Å². The summed E-state index contributed by atoms with van der Waals surface area (Å²) in [5.41, 5.74) is 2.65. The highest BCUT2D eigenvalue weighted by Gasteiger charge is 2.25. The summed E-state index contributed by atoms with van der Waals surface area (Å²) in [6.07, 6.45) is 0. The molecule has 0 fully saturated rings. The van der Waals surface area contributed by atoms with Crippen molar-refractivity contribution in [2.45, 2.75) is 26.8 Å². The lowest BCUT2D eigenvalue weighted by atomic mass is 9.99. The van der Waals surface area contributed by atoms with Crippen molar-refractivity contribution in [2.75, 3.05) is 14.2 Å². The SMILES string of the molecule is COc1cc(C(=O)NC(C)c2cc(C)ccc2C)c([N+](=O)[O-])cc1OC. The molecule has 26 heavy (non-hydrogen) atoms. The Bertz CT molecular complexity index is 848. The highest BCUT2D eigenvalue weighted by Crippen LogP contribution is 2.34. The third kappa shape index (κ3) is 3.93. The van der Waals surface area contributed by atoms with E-state index >= 15 is 0 Å². The fourth-order valence-electron chi connectivity index (χ4n) is 2.78. The van der Waals surface area contributed by atoms with Gasteiger partial charge in [-0.3, -0.25) is 14.9 Å². The molecule has 138 valence electrons. The van der Waals surface area contributed by atoms with Gasteiger partial charge in [0.2, 0.25) is 0 Å². The Balaban J connectivity index is 2.39. The summed E-state index contributed by atoms with van der Waals surface area (Å²) in [4.78, 5) is 23.5. The van der Waals surface area contributed by atoms with Gasteiger partial charge >= 0.3 is 0 Å². The fraction of sp³-hybridized carbons (Fsp3) is 0.316. The van der Waals surface area contributed by atoms with E-state index in [4.69, 9.17) is 9.47 Å². The minimum Gasteiger partial charge on any atom is -0.493 e. The van der Waals surface area contributed by atoms with Crippen LogP contribution in [0, 0.1) is 24.0 Å². The lowest BCUT2D eigenvalue weighted by Gasteiger charge is -2.18. The van der Waals surface area contributed by atoms with Gasteiger partial charge in [-0.15, -0.1) is 0 Å². The topological polar surface area (TPSA) is 90.7 Å². The monoisotopic (exact) mass is 358 g/mol. The number of nitro benzene ring substituents is 1. The van der Waals surface area contributed by atoms with Crippen LogP contribution in [0.1, 0.15) is 40.0 Å². The van der Waals surface area contributed by atoms with Crippen LogP contribution in [0.15, 0.2) is 30.3 Å². The number of carbonyl (C=O) groups is 1. The van der Waals surface area contributed by atoms with Gasteiger partial charge in [-0.1, -0.05) is 23.8 Å². The molecule has 1 atom stereocenters. The second-order valence-corrected chi connectivity index (χ2v) is 6.04. The molecule has 0 saturated carbocycles. The van der Waals surface area contributed by atoms with Gasteiger partial charge < -0.3 is 14.8 Å². The summed E-state index contributed by atoms with van der Waals surface area (Å²) in [6.45, 7) is 5.76. The summed E-state index contributed by atoms with van der Waals surface area (Å²) < 4.78 is 10.2. The molecule has 2 aromatic carbocycles. The van der Waals surface area contributed by atoms with Crippen LogP contribution in [-0.2, 0) is 0 Å². The van der Waals surface area contributed by atoms with Gasteiger partial charge in [-0.05, 0) is 31.9 Å². The molecule has 1 amide bonds. The van der Waals surface area contributed by atoms with E-state index in [1.807, 2.05) is 39.0 Å². The van der Waals surface area contributed by atoms with Crippen LogP contribution in [0.4, 0.5) is 5.69 Å². The summed E-state index contributed by atoms with van der Waals surface area (Å²) in [5.74, 6) is -0.105. The zero-order chi connectivity index (χ0) is 19.4. The molecule has 0 aliphatic heterocycles. The Hall–Kier alpha value is -3.09. The standard InChI is InChI=1S/C19H22N2O5/c1-11-6-7-12(2)14(8-11)13(3)20-19(22)15-9-17(25-4)18(26-5)10-16(15)21(23)24/h6-10,13H,1-5H3,(H,20,22). The number of nitro groups is 1. The lowest BCUT2D eigenvalue weighted by Crippen LogP contribution is -2.28. The molecule has 1 N–H and O–H groups in total. The molecule has 2 aromatic rings. The second kappa shape index (κ2) is 7.86. The molecule has 0 spiro atoms. The van der Waals surface area contributed by atoms with Crippen LogP contribution in [0.3, 0.4) is 0 Å². The molecule has 2 rings (SSSR count). The van der Waals surface area contributed by atoms with E-state index in [-0.39, 0.29) is 28.8 Å². The molecule has 0 radical (unpaired) electrons. The number of aryl methyl sites for hydroxylation is 2. The smallest absolute Gasteiger partial charge is 0.286 e. The van der Waals surface area contributed by atoms with Crippen molar-refractivity contribution in [3.05, 3.63) is 62.7 Å². The summed E-state index contributed by atoms with van der Waals surface area (Å²) in [5, 5.41) is 14.2. The minimum atomic E-state index is -0.612. The summed E-state index contributed by atoms with van der Waals surface area (Å²) >= 11 is 0. The van der Waals surface area contributed by atoms with Gasteiger partial charge in [0, 0.05) is 6.07 Å². The van der Waals surface area contributed by atoms with E-state index in [9.17, 15) is 14.9 Å². The first-order valence-corrected chi connectivity index (χ1v) is 8.07. The number of carbonyl (C=O) groups excluding carboxylic acids is 1. The largest absolute Gasteiger partial charge is 0.493 e. The summed E-state index contributed by atoms with van der Waals surface area (Å²) in [7, 11) is 2.79. The molecule has 1 unspecified atom stereocenters. The molecule has 0 saturated heterocycles. The molecular formula is C19H22N2O5. The first-order chi connectivity index (χ1) is 12.3. The normalized spacial score (nSPS) is 11.6. The van der Waals surface area contributed by atoms with Gasteiger partial charge in [-0.2, -0.15) is 0 Å². The van der Waals surface area contributed by atoms with Crippen molar-refractivity contribution in [1.29, 1.82) is 0 Å². The molecule has 0 aliphatic rings. The van der Waals surface area contributed by atoms with Crippen molar-refractivity contribution < 1.29 is 19.2 Å². The van der Waals surface area contributed by atoms with Crippen LogP contribution >= 0.6 is 0 Å². The Morgan fingerprint density at radius 3 is 2.31 bits per heavy atom. The van der Waals surface area contributed by atoms with Gasteiger partial charge in [0.15, 0.2) is 11.5 Å². The van der Waals surface area contributed by atoms with Crippen LogP contribution in [-0.4, -0.2) is 25.1 Å². The van der Waals surface area contributed by atoms with Crippen LogP contribution < -0.4 is 14.8 Å². The van der Waals surface area contributed by atoms with Crippen molar-refractivity contribution in [3.63, 3.8) is 0 Å². The molecular weight excluding hydrogens is 336 g/mol. The minimum absolute atomic E-state index is 0.0789. The molecule has 7 heteroatoms. The van der Waals surface area contributed by atoms with Crippen LogP contribution in [0.2, 0.25) is 0 Å². The Labute approximate surface area is 152 Å². The van der Waals surface area contributed by atoms with Crippen molar-refractivity contribution >= 4 is 11.6 Å². The molecule has 0 heterocycles. The average Bonchev–Trinajstić information content (AvgIpc) is 2.62. The number of hydrogen-bond donors (Lipinski definition) is 1. The van der Waals surface area contributed by atoms with Gasteiger partial charge in [0.1, 0.15) is 5.56 Å². The predicted molar refractivity (Wildman–Crippen MR) is 98.0 cm³/mol. The van der Waals surface area contributed by atoms with E-state index in [2.05, 4.69) is 5.32 Å². The Morgan fingerprint density at radius 2 is 1.73 bits per heavy atom. The fourth-order valence-corrected chi connectivity index (χ4v) is 2.78. The van der Waals surface area contributed by atoms with E-state index in [0.717, 1.165) is 16.7 Å². The highest BCUT2D eigenvalue weighted by molar-refractivity contribution is 5.99. The van der Waals surface area contributed by atoms with Crippen molar-refractivity contribution in [3.8, 4) is 11.5 Å². The van der Waals surface area contributed by atoms with Crippen molar-refractivity contribution in [1.82, 2.24) is 5.32 Å². The Kier molecular flexibility index (Phi) is 5.82. The second-order valence-electron chi connectivity index (χ2n) is 6.04. The van der Waals surface area contributed by atoms with E-state index < -0.39 is 10.8 Å². The molecule has 0 bridgehead atoms. The quantitative estimate of drug-likeness (QED) is 0.628. The number of rotatable bonds is 6. The number of ether oxygens (including phenoxy) is 2. The number of benzene rings is 2. The third-order valence-electron chi connectivity index (χ3n) is 4.19.